The number of esters is 2. The van der Waals surface area contributed by atoms with Crippen molar-refractivity contribution in [2.75, 3.05) is 27.4 Å². The Balaban J connectivity index is 1.71. The number of fused-ring (bicyclic) bond motifs is 7. The van der Waals surface area contributed by atoms with E-state index in [0.717, 1.165) is 12.0 Å². The minimum Gasteiger partial charge on any atom is -0.468 e. The van der Waals surface area contributed by atoms with Crippen molar-refractivity contribution >= 4 is 11.9 Å². The van der Waals surface area contributed by atoms with Gasteiger partial charge in [0.1, 0.15) is 0 Å². The van der Waals surface area contributed by atoms with Gasteiger partial charge in [0.2, 0.25) is 5.79 Å². The first-order valence-electron chi connectivity index (χ1n) is 11.7. The standard InChI is InChI=1S/C27H30O6/c1-24(2)14-32-27(33-15-24)25(18-8-6-5-7-9-18)13-19(22(28)30-3)26(27,23(29)31-4)21-17-11-10-16(12-17)20(21)25/h5-11,13,16-17,20-21H,12,14-15H2,1-4H3/t16-,17+,20+,21-,25-,26-/m0/s1. The maximum absolute atomic E-state index is 14.0. The molecule has 1 aromatic carbocycles. The van der Waals surface area contributed by atoms with Gasteiger partial charge in [-0.2, -0.15) is 0 Å². The number of methoxy groups -OCH3 is 2. The number of hydrogen-bond acceptors (Lipinski definition) is 6. The Morgan fingerprint density at radius 2 is 1.58 bits per heavy atom. The van der Waals surface area contributed by atoms with Gasteiger partial charge in [0.05, 0.1) is 38.4 Å². The van der Waals surface area contributed by atoms with Crippen LogP contribution in [-0.2, 0) is 34.0 Å². The van der Waals surface area contributed by atoms with Crippen molar-refractivity contribution in [3.05, 3.63) is 59.7 Å². The van der Waals surface area contributed by atoms with Crippen molar-refractivity contribution < 1.29 is 28.5 Å². The molecule has 1 spiro atoms. The molecule has 5 aliphatic rings. The van der Waals surface area contributed by atoms with Crippen LogP contribution in [-0.4, -0.2) is 45.2 Å². The quantitative estimate of drug-likeness (QED) is 0.519. The minimum absolute atomic E-state index is 0.0450. The molecule has 174 valence electrons. The summed E-state index contributed by atoms with van der Waals surface area (Å²) < 4.78 is 24.3. The molecular formula is C27H30O6. The fraction of sp³-hybridized carbons (Fsp3) is 0.556. The molecule has 1 aromatic rings. The van der Waals surface area contributed by atoms with E-state index in [1.807, 2.05) is 24.3 Å². The molecule has 0 unspecified atom stereocenters. The number of carbonyl (C=O) groups excluding carboxylic acids is 2. The predicted molar refractivity (Wildman–Crippen MR) is 119 cm³/mol. The molecular weight excluding hydrogens is 420 g/mol. The van der Waals surface area contributed by atoms with Crippen LogP contribution in [0.5, 0.6) is 0 Å². The van der Waals surface area contributed by atoms with E-state index >= 15 is 0 Å². The van der Waals surface area contributed by atoms with E-state index in [1.165, 1.54) is 14.2 Å². The Labute approximate surface area is 193 Å². The van der Waals surface area contributed by atoms with E-state index in [4.69, 9.17) is 18.9 Å². The monoisotopic (exact) mass is 450 g/mol. The lowest BCUT2D eigenvalue weighted by atomic mass is 9.61. The first kappa shape index (κ1) is 21.1. The third-order valence-corrected chi connectivity index (χ3v) is 8.84. The van der Waals surface area contributed by atoms with Crippen molar-refractivity contribution in [3.63, 3.8) is 0 Å². The fourth-order valence-electron chi connectivity index (χ4n) is 7.88. The average molecular weight is 451 g/mol. The van der Waals surface area contributed by atoms with Gasteiger partial charge in [-0.3, -0.25) is 4.79 Å². The molecule has 4 bridgehead atoms. The number of allylic oxidation sites excluding steroid dienone is 2. The van der Waals surface area contributed by atoms with Crippen LogP contribution in [0.2, 0.25) is 0 Å². The number of benzene rings is 1. The van der Waals surface area contributed by atoms with Crippen LogP contribution in [0.4, 0.5) is 0 Å². The minimum atomic E-state index is -1.41. The molecule has 3 fully saturated rings. The highest BCUT2D eigenvalue weighted by Crippen LogP contribution is 2.81. The van der Waals surface area contributed by atoms with Gasteiger partial charge in [-0.25, -0.2) is 4.79 Å². The molecule has 0 aromatic heterocycles. The van der Waals surface area contributed by atoms with E-state index in [1.54, 1.807) is 0 Å². The summed E-state index contributed by atoms with van der Waals surface area (Å²) >= 11 is 0. The molecule has 6 heteroatoms. The highest BCUT2D eigenvalue weighted by atomic mass is 16.7. The van der Waals surface area contributed by atoms with E-state index in [2.05, 4.69) is 38.1 Å². The van der Waals surface area contributed by atoms with Crippen LogP contribution in [0.25, 0.3) is 0 Å². The van der Waals surface area contributed by atoms with Gasteiger partial charge in [-0.1, -0.05) is 62.4 Å². The zero-order valence-corrected chi connectivity index (χ0v) is 19.5. The normalized spacial score (nSPS) is 40.5. The summed E-state index contributed by atoms with van der Waals surface area (Å²) in [5.74, 6) is -2.13. The van der Waals surface area contributed by atoms with Gasteiger partial charge in [0.15, 0.2) is 5.41 Å². The van der Waals surface area contributed by atoms with E-state index in [9.17, 15) is 9.59 Å². The molecule has 0 N–H and O–H groups in total. The maximum atomic E-state index is 14.0. The van der Waals surface area contributed by atoms with Gasteiger partial charge in [0.25, 0.3) is 0 Å². The van der Waals surface area contributed by atoms with Crippen molar-refractivity contribution in [2.24, 2.45) is 34.5 Å². The van der Waals surface area contributed by atoms with Crippen LogP contribution in [0, 0.1) is 34.5 Å². The number of rotatable bonds is 3. The topological polar surface area (TPSA) is 71.1 Å². The molecule has 6 nitrogen and oxygen atoms in total. The van der Waals surface area contributed by atoms with Crippen molar-refractivity contribution in [3.8, 4) is 0 Å². The first-order chi connectivity index (χ1) is 15.8. The molecule has 1 heterocycles. The van der Waals surface area contributed by atoms with Crippen molar-refractivity contribution in [1.82, 2.24) is 0 Å². The molecule has 2 saturated carbocycles. The number of hydrogen-bond donors (Lipinski definition) is 0. The Hall–Kier alpha value is -2.44. The predicted octanol–water partition coefficient (Wildman–Crippen LogP) is 3.42. The Kier molecular flexibility index (Phi) is 4.21. The smallest absolute Gasteiger partial charge is 0.334 e. The highest BCUT2D eigenvalue weighted by Gasteiger charge is 2.90. The van der Waals surface area contributed by atoms with Crippen molar-refractivity contribution in [2.45, 2.75) is 31.5 Å². The second-order valence-electron chi connectivity index (χ2n) is 10.9. The molecule has 0 radical (unpaired) electrons. The molecule has 0 amide bonds. The van der Waals surface area contributed by atoms with Crippen LogP contribution < -0.4 is 0 Å². The molecule has 1 saturated heterocycles. The zero-order valence-electron chi connectivity index (χ0n) is 19.5. The first-order valence-corrected chi connectivity index (χ1v) is 11.7. The molecule has 6 rings (SSSR count). The zero-order chi connectivity index (χ0) is 23.2. The Morgan fingerprint density at radius 3 is 2.18 bits per heavy atom. The van der Waals surface area contributed by atoms with Crippen LogP contribution in [0.3, 0.4) is 0 Å². The van der Waals surface area contributed by atoms with Crippen molar-refractivity contribution in [1.29, 1.82) is 0 Å². The largest absolute Gasteiger partial charge is 0.468 e. The maximum Gasteiger partial charge on any atom is 0.334 e. The molecule has 33 heavy (non-hydrogen) atoms. The van der Waals surface area contributed by atoms with E-state index in [-0.39, 0.29) is 29.1 Å². The molecule has 6 atom stereocenters. The summed E-state index contributed by atoms with van der Waals surface area (Å²) in [4.78, 5) is 27.3. The van der Waals surface area contributed by atoms with Gasteiger partial charge < -0.3 is 18.9 Å². The average Bonchev–Trinajstić information content (AvgIpc) is 3.56. The Bertz CT molecular complexity index is 1080. The van der Waals surface area contributed by atoms with Gasteiger partial charge in [-0.05, 0) is 35.7 Å². The summed E-state index contributed by atoms with van der Waals surface area (Å²) in [6.45, 7) is 4.98. The van der Waals surface area contributed by atoms with Crippen LogP contribution in [0.15, 0.2) is 54.1 Å². The summed E-state index contributed by atoms with van der Waals surface area (Å²) in [5.41, 5.74) is -1.15. The summed E-state index contributed by atoms with van der Waals surface area (Å²) in [5, 5.41) is 0. The third-order valence-electron chi connectivity index (χ3n) is 8.84. The number of ether oxygens (including phenoxy) is 4. The number of carbonyl (C=O) groups is 2. The Morgan fingerprint density at radius 1 is 0.939 bits per heavy atom. The molecule has 4 aliphatic carbocycles. The van der Waals surface area contributed by atoms with Crippen LogP contribution >= 0.6 is 0 Å². The second-order valence-corrected chi connectivity index (χ2v) is 10.9. The van der Waals surface area contributed by atoms with E-state index in [0.29, 0.717) is 18.8 Å². The summed E-state index contributed by atoms with van der Waals surface area (Å²) in [6.07, 6.45) is 7.37. The second kappa shape index (κ2) is 6.57. The fourth-order valence-corrected chi connectivity index (χ4v) is 7.88. The third kappa shape index (κ3) is 2.18. The summed E-state index contributed by atoms with van der Waals surface area (Å²) in [7, 11) is 2.73. The highest BCUT2D eigenvalue weighted by molar-refractivity contribution is 6.02. The van der Waals surface area contributed by atoms with Crippen LogP contribution in [0.1, 0.15) is 25.8 Å². The summed E-state index contributed by atoms with van der Waals surface area (Å²) in [6, 6.07) is 10.1. The molecule has 1 aliphatic heterocycles. The lowest BCUT2D eigenvalue weighted by molar-refractivity contribution is -0.345. The van der Waals surface area contributed by atoms with Gasteiger partial charge >= 0.3 is 11.9 Å². The van der Waals surface area contributed by atoms with E-state index < -0.39 is 28.6 Å². The lowest BCUT2D eigenvalue weighted by Crippen LogP contribution is -2.65. The van der Waals surface area contributed by atoms with Gasteiger partial charge in [0, 0.05) is 5.41 Å². The lowest BCUT2D eigenvalue weighted by Gasteiger charge is -2.53. The van der Waals surface area contributed by atoms with Gasteiger partial charge in [-0.15, -0.1) is 0 Å². The SMILES string of the molecule is COC(=O)C1=C[C@]2(c3ccccc3)[C@H]3[C@H]([C@@H]4C=C[C@H]3C4)[C@@]1(C(=O)OC)C21OCC(C)(C)CO1.